The molecule has 1 N–H and O–H groups in total. The molecule has 5 nitrogen and oxygen atoms in total. The molecule has 94 valence electrons. The van der Waals surface area contributed by atoms with E-state index in [1.165, 1.54) is 18.0 Å². The summed E-state index contributed by atoms with van der Waals surface area (Å²) in [4.78, 5) is 8.00. The molecule has 0 unspecified atom stereocenters. The number of hydrogen-bond donors (Lipinski definition) is 1. The van der Waals surface area contributed by atoms with Crippen LogP contribution in [-0.4, -0.2) is 16.5 Å². The van der Waals surface area contributed by atoms with Gasteiger partial charge in [0, 0.05) is 6.54 Å². The Labute approximate surface area is 110 Å². The fraction of sp³-hybridized carbons (Fsp3) is 0.214. The van der Waals surface area contributed by atoms with Crippen LogP contribution in [0, 0.1) is 11.3 Å². The van der Waals surface area contributed by atoms with Crippen LogP contribution in [0.25, 0.3) is 0 Å². The molecule has 19 heavy (non-hydrogen) atoms. The molecule has 0 amide bonds. The molecule has 0 aliphatic carbocycles. The standard InChI is InChI=1S/C14H12N4O/c15-7-11-8-18-13(9-17-11)19-12-5-1-3-10-4-2-6-16-14(10)12/h1,3,5,8-9,16H,2,4,6H2. The fourth-order valence-corrected chi connectivity index (χ4v) is 2.10. The van der Waals surface area contributed by atoms with Crippen molar-refractivity contribution in [2.45, 2.75) is 12.8 Å². The minimum Gasteiger partial charge on any atom is -0.435 e. The molecule has 3 rings (SSSR count). The Balaban J connectivity index is 1.88. The van der Waals surface area contributed by atoms with E-state index in [9.17, 15) is 0 Å². The Morgan fingerprint density at radius 1 is 1.26 bits per heavy atom. The van der Waals surface area contributed by atoms with Gasteiger partial charge in [-0.25, -0.2) is 9.97 Å². The van der Waals surface area contributed by atoms with Gasteiger partial charge in [0.2, 0.25) is 5.88 Å². The van der Waals surface area contributed by atoms with E-state index in [4.69, 9.17) is 10.00 Å². The number of nitriles is 1. The van der Waals surface area contributed by atoms with E-state index in [1.54, 1.807) is 0 Å². The molecule has 2 aromatic rings. The Morgan fingerprint density at radius 2 is 2.21 bits per heavy atom. The second-order valence-corrected chi connectivity index (χ2v) is 4.27. The van der Waals surface area contributed by atoms with Crippen LogP contribution < -0.4 is 10.1 Å². The van der Waals surface area contributed by atoms with E-state index in [2.05, 4.69) is 21.4 Å². The van der Waals surface area contributed by atoms with Gasteiger partial charge in [-0.2, -0.15) is 5.26 Å². The summed E-state index contributed by atoms with van der Waals surface area (Å²) in [6, 6.07) is 7.89. The van der Waals surface area contributed by atoms with Crippen molar-refractivity contribution in [1.29, 1.82) is 5.26 Å². The molecular weight excluding hydrogens is 240 g/mol. The van der Waals surface area contributed by atoms with Gasteiger partial charge in [0.1, 0.15) is 6.07 Å². The number of nitrogens with zero attached hydrogens (tertiary/aromatic N) is 3. The predicted molar refractivity (Wildman–Crippen MR) is 70.1 cm³/mol. The van der Waals surface area contributed by atoms with Crippen molar-refractivity contribution < 1.29 is 4.74 Å². The van der Waals surface area contributed by atoms with E-state index >= 15 is 0 Å². The highest BCUT2D eigenvalue weighted by molar-refractivity contribution is 5.64. The molecule has 1 aromatic carbocycles. The SMILES string of the molecule is N#Cc1cnc(Oc2cccc3c2NCCC3)cn1. The second-order valence-electron chi connectivity index (χ2n) is 4.27. The summed E-state index contributed by atoms with van der Waals surface area (Å²) < 4.78 is 5.73. The smallest absolute Gasteiger partial charge is 0.238 e. The normalized spacial score (nSPS) is 13.0. The number of hydrogen-bond acceptors (Lipinski definition) is 5. The number of benzene rings is 1. The highest BCUT2D eigenvalue weighted by atomic mass is 16.5. The number of aromatic nitrogens is 2. The summed E-state index contributed by atoms with van der Waals surface area (Å²) in [6.45, 7) is 0.951. The molecule has 0 saturated heterocycles. The van der Waals surface area contributed by atoms with Gasteiger partial charge < -0.3 is 10.1 Å². The van der Waals surface area contributed by atoms with Crippen LogP contribution in [0.3, 0.4) is 0 Å². The summed E-state index contributed by atoms with van der Waals surface area (Å²) in [5.74, 6) is 1.14. The van der Waals surface area contributed by atoms with E-state index in [-0.39, 0.29) is 5.69 Å². The Bertz CT molecular complexity index is 631. The first-order valence-electron chi connectivity index (χ1n) is 6.12. The lowest BCUT2D eigenvalue weighted by atomic mass is 10.0. The van der Waals surface area contributed by atoms with Crippen LogP contribution in [0.5, 0.6) is 11.6 Å². The van der Waals surface area contributed by atoms with Crippen LogP contribution in [0.4, 0.5) is 5.69 Å². The Kier molecular flexibility index (Phi) is 2.99. The number of anilines is 1. The number of para-hydroxylation sites is 1. The Morgan fingerprint density at radius 3 is 3.00 bits per heavy atom. The monoisotopic (exact) mass is 252 g/mol. The lowest BCUT2D eigenvalue weighted by molar-refractivity contribution is 0.460. The number of ether oxygens (including phenoxy) is 1. The molecule has 0 saturated carbocycles. The first-order chi connectivity index (χ1) is 9.36. The number of nitrogens with one attached hydrogen (secondary N) is 1. The molecule has 1 aliphatic rings. The molecule has 0 spiro atoms. The first-order valence-corrected chi connectivity index (χ1v) is 6.12. The molecule has 1 aromatic heterocycles. The lowest BCUT2D eigenvalue weighted by Crippen LogP contribution is -2.12. The van der Waals surface area contributed by atoms with Crippen molar-refractivity contribution in [1.82, 2.24) is 9.97 Å². The maximum atomic E-state index is 8.67. The molecule has 0 bridgehead atoms. The first kappa shape index (κ1) is 11.5. The molecule has 0 fully saturated rings. The van der Waals surface area contributed by atoms with Crippen molar-refractivity contribution in [3.05, 3.63) is 41.9 Å². The van der Waals surface area contributed by atoms with Crippen LogP contribution in [0.2, 0.25) is 0 Å². The maximum absolute atomic E-state index is 8.67. The minimum absolute atomic E-state index is 0.278. The zero-order chi connectivity index (χ0) is 13.1. The van der Waals surface area contributed by atoms with Gasteiger partial charge in [0.25, 0.3) is 0 Å². The van der Waals surface area contributed by atoms with E-state index in [0.717, 1.165) is 30.8 Å². The van der Waals surface area contributed by atoms with Gasteiger partial charge in [-0.15, -0.1) is 0 Å². The van der Waals surface area contributed by atoms with Gasteiger partial charge in [0.05, 0.1) is 18.1 Å². The Hall–Kier alpha value is -2.61. The van der Waals surface area contributed by atoms with Crippen LogP contribution in [-0.2, 0) is 6.42 Å². The molecule has 0 atom stereocenters. The molecule has 2 heterocycles. The predicted octanol–water partition coefficient (Wildman–Crippen LogP) is 2.50. The second kappa shape index (κ2) is 4.94. The third-order valence-corrected chi connectivity index (χ3v) is 2.99. The topological polar surface area (TPSA) is 70.8 Å². The van der Waals surface area contributed by atoms with Crippen LogP contribution >= 0.6 is 0 Å². The van der Waals surface area contributed by atoms with Crippen molar-refractivity contribution in [2.24, 2.45) is 0 Å². The van der Waals surface area contributed by atoms with Gasteiger partial charge in [-0.1, -0.05) is 12.1 Å². The van der Waals surface area contributed by atoms with Crippen LogP contribution in [0.1, 0.15) is 17.7 Å². The molecular formula is C14H12N4O. The fourth-order valence-electron chi connectivity index (χ4n) is 2.10. The maximum Gasteiger partial charge on any atom is 0.238 e. The zero-order valence-electron chi connectivity index (χ0n) is 10.3. The summed E-state index contributed by atoms with van der Waals surface area (Å²) in [7, 11) is 0. The van der Waals surface area contributed by atoms with Gasteiger partial charge >= 0.3 is 0 Å². The highest BCUT2D eigenvalue weighted by Gasteiger charge is 2.14. The van der Waals surface area contributed by atoms with Gasteiger partial charge in [-0.05, 0) is 24.5 Å². The lowest BCUT2D eigenvalue weighted by Gasteiger charge is -2.20. The van der Waals surface area contributed by atoms with Gasteiger partial charge in [0.15, 0.2) is 11.4 Å². The third-order valence-electron chi connectivity index (χ3n) is 2.99. The largest absolute Gasteiger partial charge is 0.435 e. The van der Waals surface area contributed by atoms with E-state index in [1.807, 2.05) is 18.2 Å². The van der Waals surface area contributed by atoms with Crippen molar-refractivity contribution in [3.63, 3.8) is 0 Å². The highest BCUT2D eigenvalue weighted by Crippen LogP contribution is 2.34. The summed E-state index contributed by atoms with van der Waals surface area (Å²) in [5, 5.41) is 12.0. The van der Waals surface area contributed by atoms with Gasteiger partial charge in [-0.3, -0.25) is 0 Å². The summed E-state index contributed by atoms with van der Waals surface area (Å²) in [6.07, 6.45) is 5.05. The number of fused-ring (bicyclic) bond motifs is 1. The third kappa shape index (κ3) is 2.33. The molecule has 1 aliphatic heterocycles. The average Bonchev–Trinajstić information content (AvgIpc) is 2.48. The number of rotatable bonds is 2. The quantitative estimate of drug-likeness (QED) is 0.889. The van der Waals surface area contributed by atoms with Crippen molar-refractivity contribution in [2.75, 3.05) is 11.9 Å². The average molecular weight is 252 g/mol. The number of aryl methyl sites for hydroxylation is 1. The summed E-state index contributed by atoms with van der Waals surface area (Å²) >= 11 is 0. The molecule has 5 heteroatoms. The molecule has 0 radical (unpaired) electrons. The van der Waals surface area contributed by atoms with Crippen LogP contribution in [0.15, 0.2) is 30.6 Å². The minimum atomic E-state index is 0.278. The van der Waals surface area contributed by atoms with Crippen molar-refractivity contribution >= 4 is 5.69 Å². The van der Waals surface area contributed by atoms with E-state index < -0.39 is 0 Å². The zero-order valence-corrected chi connectivity index (χ0v) is 10.3. The van der Waals surface area contributed by atoms with Crippen molar-refractivity contribution in [3.8, 4) is 17.7 Å². The van der Waals surface area contributed by atoms with E-state index in [0.29, 0.717) is 5.88 Å². The summed E-state index contributed by atoms with van der Waals surface area (Å²) in [5.41, 5.74) is 2.56.